The van der Waals surface area contributed by atoms with E-state index in [1.165, 1.54) is 0 Å². The fraction of sp³-hybridized carbons (Fsp3) is 0.917. The van der Waals surface area contributed by atoms with Crippen molar-refractivity contribution in [2.45, 2.75) is 118 Å². The molecule has 9 heteroatoms. The highest BCUT2D eigenvalue weighted by atomic mass is 16.6. The number of aliphatic hydroxyl groups excluding tert-OH is 2. The van der Waals surface area contributed by atoms with Gasteiger partial charge in [-0.1, -0.05) is 40.5 Å². The van der Waals surface area contributed by atoms with Crippen LogP contribution in [0.25, 0.3) is 0 Å². The molecule has 0 saturated carbocycles. The molecule has 196 valence electrons. The van der Waals surface area contributed by atoms with Gasteiger partial charge in [0.15, 0.2) is 0 Å². The highest BCUT2D eigenvalue weighted by Crippen LogP contribution is 2.15. The number of ether oxygens (including phenoxy) is 2. The number of carbonyl (C=O) groups is 2. The Balaban J connectivity index is 4.98. The van der Waals surface area contributed by atoms with E-state index in [1.807, 2.05) is 27.7 Å². The van der Waals surface area contributed by atoms with Gasteiger partial charge in [-0.2, -0.15) is 0 Å². The summed E-state index contributed by atoms with van der Waals surface area (Å²) in [6.45, 7) is 18.9. The van der Waals surface area contributed by atoms with Crippen LogP contribution >= 0.6 is 0 Å². The second kappa shape index (κ2) is 14.0. The van der Waals surface area contributed by atoms with Crippen molar-refractivity contribution in [1.29, 1.82) is 0 Å². The first-order valence-electron chi connectivity index (χ1n) is 12.1. The average molecular weight is 476 g/mol. The van der Waals surface area contributed by atoms with Gasteiger partial charge < -0.3 is 35.6 Å². The van der Waals surface area contributed by atoms with Gasteiger partial charge in [-0.25, -0.2) is 9.59 Å². The van der Waals surface area contributed by atoms with Gasteiger partial charge in [0, 0.05) is 13.1 Å². The second-order valence-corrected chi connectivity index (χ2v) is 10.9. The monoisotopic (exact) mass is 475 g/mol. The molecule has 0 rings (SSSR count). The van der Waals surface area contributed by atoms with Crippen molar-refractivity contribution in [1.82, 2.24) is 16.0 Å². The number of alkyl carbamates (subject to hydrolysis) is 2. The molecule has 0 heterocycles. The lowest BCUT2D eigenvalue weighted by Crippen LogP contribution is -2.54. The molecule has 0 aromatic rings. The summed E-state index contributed by atoms with van der Waals surface area (Å²) < 4.78 is 10.6. The molecule has 0 aliphatic carbocycles. The fourth-order valence-corrected chi connectivity index (χ4v) is 3.26. The van der Waals surface area contributed by atoms with Crippen molar-refractivity contribution < 1.29 is 29.3 Å². The SMILES string of the molecule is CC[C@@H](C)C(NC(=O)OC(C)(C)C)[C@H](O)CNC[C@@H](O)C(NC(=O)OC(C)(C)C)[C@@H](C)CC. The Morgan fingerprint density at radius 2 is 1.03 bits per heavy atom. The van der Waals surface area contributed by atoms with Crippen molar-refractivity contribution in [2.75, 3.05) is 13.1 Å². The topological polar surface area (TPSA) is 129 Å². The minimum atomic E-state index is -0.888. The van der Waals surface area contributed by atoms with Gasteiger partial charge in [0.1, 0.15) is 11.2 Å². The van der Waals surface area contributed by atoms with Crippen LogP contribution in [0.5, 0.6) is 0 Å². The molecule has 0 fully saturated rings. The van der Waals surface area contributed by atoms with E-state index in [2.05, 4.69) is 16.0 Å². The molecule has 0 bridgehead atoms. The number of amides is 2. The molecule has 5 N–H and O–H groups in total. The normalized spacial score (nSPS) is 17.8. The third-order valence-corrected chi connectivity index (χ3v) is 5.42. The van der Waals surface area contributed by atoms with E-state index in [4.69, 9.17) is 9.47 Å². The zero-order valence-electron chi connectivity index (χ0n) is 22.3. The van der Waals surface area contributed by atoms with Crippen LogP contribution in [0.2, 0.25) is 0 Å². The summed E-state index contributed by atoms with van der Waals surface area (Å²) in [5.41, 5.74) is -1.27. The Morgan fingerprint density at radius 1 is 0.727 bits per heavy atom. The molecule has 0 aromatic heterocycles. The van der Waals surface area contributed by atoms with Crippen LogP contribution < -0.4 is 16.0 Å². The predicted octanol–water partition coefficient (Wildman–Crippen LogP) is 3.18. The van der Waals surface area contributed by atoms with Crippen molar-refractivity contribution in [3.63, 3.8) is 0 Å². The van der Waals surface area contributed by atoms with Crippen LogP contribution in [-0.2, 0) is 9.47 Å². The van der Waals surface area contributed by atoms with E-state index in [9.17, 15) is 19.8 Å². The van der Waals surface area contributed by atoms with Gasteiger partial charge in [0.2, 0.25) is 0 Å². The predicted molar refractivity (Wildman–Crippen MR) is 130 cm³/mol. The maximum absolute atomic E-state index is 12.2. The molecule has 2 unspecified atom stereocenters. The number of carbonyl (C=O) groups excluding carboxylic acids is 2. The summed E-state index contributed by atoms with van der Waals surface area (Å²) in [6, 6.07) is -1.03. The maximum Gasteiger partial charge on any atom is 0.407 e. The molecule has 0 saturated heterocycles. The molecule has 0 spiro atoms. The first kappa shape index (κ1) is 31.4. The van der Waals surface area contributed by atoms with Crippen molar-refractivity contribution in [3.8, 4) is 0 Å². The van der Waals surface area contributed by atoms with Crippen LogP contribution in [0.1, 0.15) is 82.1 Å². The molecular formula is C24H49N3O6. The van der Waals surface area contributed by atoms with E-state index in [0.717, 1.165) is 12.8 Å². The molecule has 6 atom stereocenters. The molecule has 33 heavy (non-hydrogen) atoms. The lowest BCUT2D eigenvalue weighted by atomic mass is 9.93. The first-order chi connectivity index (χ1) is 15.0. The Kier molecular flexibility index (Phi) is 13.3. The summed E-state index contributed by atoms with van der Waals surface area (Å²) in [6.07, 6.45) is -1.41. The molecule has 9 nitrogen and oxygen atoms in total. The Morgan fingerprint density at radius 3 is 1.27 bits per heavy atom. The summed E-state index contributed by atoms with van der Waals surface area (Å²) >= 11 is 0. The molecule has 2 amide bonds. The molecule has 0 aliphatic heterocycles. The molecular weight excluding hydrogens is 426 g/mol. The summed E-state index contributed by atoms with van der Waals surface area (Å²) in [5, 5.41) is 30.1. The van der Waals surface area contributed by atoms with E-state index in [0.29, 0.717) is 0 Å². The number of hydrogen-bond acceptors (Lipinski definition) is 7. The molecule has 0 aromatic carbocycles. The van der Waals surface area contributed by atoms with Crippen LogP contribution in [0.4, 0.5) is 9.59 Å². The molecule has 0 radical (unpaired) electrons. The van der Waals surface area contributed by atoms with Crippen LogP contribution in [0, 0.1) is 11.8 Å². The number of aliphatic hydroxyl groups is 2. The van der Waals surface area contributed by atoms with E-state index in [1.54, 1.807) is 41.5 Å². The Hall–Kier alpha value is -1.58. The highest BCUT2D eigenvalue weighted by molar-refractivity contribution is 5.68. The number of nitrogens with one attached hydrogen (secondary N) is 3. The zero-order chi connectivity index (χ0) is 26.0. The van der Waals surface area contributed by atoms with Gasteiger partial charge >= 0.3 is 12.2 Å². The van der Waals surface area contributed by atoms with Gasteiger partial charge in [0.05, 0.1) is 24.3 Å². The van der Waals surface area contributed by atoms with E-state index < -0.39 is 47.7 Å². The Labute approximate surface area is 200 Å². The van der Waals surface area contributed by atoms with Gasteiger partial charge in [-0.05, 0) is 53.4 Å². The van der Waals surface area contributed by atoms with Gasteiger partial charge in [-0.3, -0.25) is 0 Å². The summed E-state index contributed by atoms with van der Waals surface area (Å²) in [5.74, 6) is 0.0295. The standard InChI is InChI=1S/C24H49N3O6/c1-11-15(3)19(26-21(30)32-23(5,6)7)17(28)13-25-14-18(29)20(16(4)12-2)27-22(31)33-24(8,9)10/h15-20,25,28-29H,11-14H2,1-10H3,(H,26,30)(H,27,31)/t15-,16+,17-,18-,19?,20?/m1/s1. The minimum Gasteiger partial charge on any atom is -0.444 e. The maximum atomic E-state index is 12.2. The lowest BCUT2D eigenvalue weighted by Gasteiger charge is -2.32. The molecule has 0 aliphatic rings. The smallest absolute Gasteiger partial charge is 0.407 e. The van der Waals surface area contributed by atoms with Crippen LogP contribution in [-0.4, -0.2) is 71.0 Å². The minimum absolute atomic E-state index is 0.0148. The van der Waals surface area contributed by atoms with Gasteiger partial charge in [-0.15, -0.1) is 0 Å². The van der Waals surface area contributed by atoms with Crippen molar-refractivity contribution in [2.24, 2.45) is 11.8 Å². The van der Waals surface area contributed by atoms with Crippen LogP contribution in [0.15, 0.2) is 0 Å². The van der Waals surface area contributed by atoms with Crippen molar-refractivity contribution >= 4 is 12.2 Å². The average Bonchev–Trinajstić information content (AvgIpc) is 2.66. The fourth-order valence-electron chi connectivity index (χ4n) is 3.26. The third-order valence-electron chi connectivity index (χ3n) is 5.42. The van der Waals surface area contributed by atoms with E-state index >= 15 is 0 Å². The largest absolute Gasteiger partial charge is 0.444 e. The summed E-state index contributed by atoms with van der Waals surface area (Å²) in [4.78, 5) is 24.4. The lowest BCUT2D eigenvalue weighted by molar-refractivity contribution is 0.0322. The first-order valence-corrected chi connectivity index (χ1v) is 12.1. The van der Waals surface area contributed by atoms with Gasteiger partial charge in [0.25, 0.3) is 0 Å². The van der Waals surface area contributed by atoms with Crippen molar-refractivity contribution in [3.05, 3.63) is 0 Å². The summed E-state index contributed by atoms with van der Waals surface area (Å²) in [7, 11) is 0. The Bertz CT molecular complexity index is 538. The highest BCUT2D eigenvalue weighted by Gasteiger charge is 2.30. The number of hydrogen-bond donors (Lipinski definition) is 5. The van der Waals surface area contributed by atoms with Crippen LogP contribution in [0.3, 0.4) is 0 Å². The second-order valence-electron chi connectivity index (χ2n) is 10.9. The number of rotatable bonds is 12. The zero-order valence-corrected chi connectivity index (χ0v) is 22.3. The third kappa shape index (κ3) is 13.7. The van der Waals surface area contributed by atoms with E-state index in [-0.39, 0.29) is 24.9 Å². The quantitative estimate of drug-likeness (QED) is 0.293.